The van der Waals surface area contributed by atoms with Crippen molar-refractivity contribution in [3.8, 4) is 5.75 Å². The van der Waals surface area contributed by atoms with Crippen LogP contribution in [0.4, 0.5) is 4.39 Å². The van der Waals surface area contributed by atoms with Crippen LogP contribution in [0, 0.1) is 12.7 Å². The molecule has 0 amide bonds. The van der Waals surface area contributed by atoms with Gasteiger partial charge in [0.1, 0.15) is 17.7 Å². The van der Waals surface area contributed by atoms with E-state index in [4.69, 9.17) is 4.74 Å². The summed E-state index contributed by atoms with van der Waals surface area (Å²) in [5, 5.41) is 3.34. The Morgan fingerprint density at radius 2 is 2.00 bits per heavy atom. The van der Waals surface area contributed by atoms with E-state index in [9.17, 15) is 4.39 Å². The second kappa shape index (κ2) is 6.19. The van der Waals surface area contributed by atoms with Gasteiger partial charge in [-0.05, 0) is 57.0 Å². The Balaban J connectivity index is 2.07. The summed E-state index contributed by atoms with van der Waals surface area (Å²) >= 11 is 0. The van der Waals surface area contributed by atoms with E-state index in [2.05, 4.69) is 5.32 Å². The fraction of sp³-hybridized carbons (Fsp3) is 0.600. The molecule has 2 rings (SSSR count). The Labute approximate surface area is 109 Å². The highest BCUT2D eigenvalue weighted by Gasteiger charge is 2.23. The highest BCUT2D eigenvalue weighted by atomic mass is 19.1. The number of hydrogen-bond donors (Lipinski definition) is 1. The number of hydrogen-bond acceptors (Lipinski definition) is 2. The fourth-order valence-corrected chi connectivity index (χ4v) is 2.61. The smallest absolute Gasteiger partial charge is 0.126 e. The molecule has 100 valence electrons. The lowest BCUT2D eigenvalue weighted by Gasteiger charge is -2.26. The first kappa shape index (κ1) is 13.3. The quantitative estimate of drug-likeness (QED) is 0.831. The largest absolute Gasteiger partial charge is 0.489 e. The third-order valence-electron chi connectivity index (χ3n) is 3.74. The van der Waals surface area contributed by atoms with Gasteiger partial charge in [-0.1, -0.05) is 12.8 Å². The number of aryl methyl sites for hydroxylation is 1. The molecular weight excluding hydrogens is 229 g/mol. The number of ether oxygens (including phenoxy) is 1. The van der Waals surface area contributed by atoms with Gasteiger partial charge in [-0.2, -0.15) is 0 Å². The molecule has 1 aliphatic carbocycles. The SMILES string of the molecule is CNC1CCCCCC1Oc1ccc(F)c(C)c1. The van der Waals surface area contributed by atoms with Gasteiger partial charge in [0.05, 0.1) is 0 Å². The summed E-state index contributed by atoms with van der Waals surface area (Å²) < 4.78 is 19.3. The van der Waals surface area contributed by atoms with Crippen LogP contribution in [0.5, 0.6) is 5.75 Å². The summed E-state index contributed by atoms with van der Waals surface area (Å²) in [6.45, 7) is 1.77. The van der Waals surface area contributed by atoms with Crippen LogP contribution < -0.4 is 10.1 Å². The van der Waals surface area contributed by atoms with E-state index >= 15 is 0 Å². The first-order valence-electron chi connectivity index (χ1n) is 6.81. The van der Waals surface area contributed by atoms with Gasteiger partial charge < -0.3 is 10.1 Å². The number of benzene rings is 1. The first-order valence-corrected chi connectivity index (χ1v) is 6.81. The number of likely N-dealkylation sites (N-methyl/N-ethyl adjacent to an activating group) is 1. The molecule has 2 unspecified atom stereocenters. The Morgan fingerprint density at radius 1 is 1.22 bits per heavy atom. The Morgan fingerprint density at radius 3 is 2.72 bits per heavy atom. The van der Waals surface area contributed by atoms with E-state index in [0.29, 0.717) is 11.6 Å². The fourth-order valence-electron chi connectivity index (χ4n) is 2.61. The van der Waals surface area contributed by atoms with Crippen molar-refractivity contribution in [2.24, 2.45) is 0 Å². The van der Waals surface area contributed by atoms with Gasteiger partial charge in [-0.25, -0.2) is 4.39 Å². The standard InChI is InChI=1S/C15H22FNO/c1-11-10-12(8-9-13(11)16)18-15-7-5-3-4-6-14(15)17-2/h8-10,14-15,17H,3-7H2,1-2H3. The maximum atomic E-state index is 13.2. The number of halogens is 1. The zero-order chi connectivity index (χ0) is 13.0. The average molecular weight is 251 g/mol. The van der Waals surface area contributed by atoms with E-state index in [0.717, 1.165) is 18.6 Å². The van der Waals surface area contributed by atoms with Crippen molar-refractivity contribution in [1.29, 1.82) is 0 Å². The van der Waals surface area contributed by atoms with Crippen molar-refractivity contribution < 1.29 is 9.13 Å². The second-order valence-corrected chi connectivity index (χ2v) is 5.10. The minimum absolute atomic E-state index is 0.173. The molecule has 0 bridgehead atoms. The predicted octanol–water partition coefficient (Wildman–Crippen LogP) is 3.43. The Hall–Kier alpha value is -1.09. The highest BCUT2D eigenvalue weighted by Crippen LogP contribution is 2.24. The zero-order valence-corrected chi connectivity index (χ0v) is 11.2. The molecule has 1 saturated carbocycles. The molecule has 0 spiro atoms. The number of rotatable bonds is 3. The van der Waals surface area contributed by atoms with Crippen LogP contribution in [0.1, 0.15) is 37.7 Å². The lowest BCUT2D eigenvalue weighted by Crippen LogP contribution is -2.40. The molecule has 1 N–H and O–H groups in total. The van der Waals surface area contributed by atoms with Crippen molar-refractivity contribution in [1.82, 2.24) is 5.32 Å². The van der Waals surface area contributed by atoms with Crippen LogP contribution in [-0.2, 0) is 0 Å². The predicted molar refractivity (Wildman–Crippen MR) is 71.5 cm³/mol. The molecule has 1 aromatic carbocycles. The van der Waals surface area contributed by atoms with Crippen molar-refractivity contribution in [3.05, 3.63) is 29.6 Å². The van der Waals surface area contributed by atoms with Gasteiger partial charge in [0.2, 0.25) is 0 Å². The average Bonchev–Trinajstić information content (AvgIpc) is 2.59. The van der Waals surface area contributed by atoms with Crippen molar-refractivity contribution in [2.45, 2.75) is 51.2 Å². The maximum absolute atomic E-state index is 13.2. The lowest BCUT2D eigenvalue weighted by atomic mass is 10.1. The van der Waals surface area contributed by atoms with Crippen molar-refractivity contribution >= 4 is 0 Å². The minimum atomic E-state index is -0.173. The zero-order valence-electron chi connectivity index (χ0n) is 11.2. The summed E-state index contributed by atoms with van der Waals surface area (Å²) in [7, 11) is 1.99. The summed E-state index contributed by atoms with van der Waals surface area (Å²) in [6, 6.07) is 5.39. The third kappa shape index (κ3) is 3.22. The number of nitrogens with one attached hydrogen (secondary N) is 1. The van der Waals surface area contributed by atoms with Crippen LogP contribution in [-0.4, -0.2) is 19.2 Å². The summed E-state index contributed by atoms with van der Waals surface area (Å²) in [5.41, 5.74) is 0.641. The molecule has 3 heteroatoms. The molecule has 0 aliphatic heterocycles. The van der Waals surface area contributed by atoms with E-state index in [1.54, 1.807) is 19.1 Å². The van der Waals surface area contributed by atoms with Gasteiger partial charge in [-0.15, -0.1) is 0 Å². The van der Waals surface area contributed by atoms with Gasteiger partial charge >= 0.3 is 0 Å². The van der Waals surface area contributed by atoms with Gasteiger partial charge in [-0.3, -0.25) is 0 Å². The van der Waals surface area contributed by atoms with Crippen molar-refractivity contribution in [2.75, 3.05) is 7.05 Å². The van der Waals surface area contributed by atoms with Gasteiger partial charge in [0.15, 0.2) is 0 Å². The van der Waals surface area contributed by atoms with Gasteiger partial charge in [0, 0.05) is 6.04 Å². The summed E-state index contributed by atoms with van der Waals surface area (Å²) in [5.74, 6) is 0.606. The minimum Gasteiger partial charge on any atom is -0.489 e. The second-order valence-electron chi connectivity index (χ2n) is 5.10. The first-order chi connectivity index (χ1) is 8.70. The van der Waals surface area contributed by atoms with E-state index < -0.39 is 0 Å². The Bertz CT molecular complexity index is 394. The van der Waals surface area contributed by atoms with Crippen LogP contribution in [0.15, 0.2) is 18.2 Å². The molecule has 1 fully saturated rings. The van der Waals surface area contributed by atoms with E-state index in [1.165, 1.54) is 25.3 Å². The summed E-state index contributed by atoms with van der Waals surface area (Å²) in [4.78, 5) is 0. The monoisotopic (exact) mass is 251 g/mol. The van der Waals surface area contributed by atoms with E-state index in [1.807, 2.05) is 7.05 Å². The van der Waals surface area contributed by atoms with Crippen LogP contribution >= 0.6 is 0 Å². The lowest BCUT2D eigenvalue weighted by molar-refractivity contribution is 0.148. The molecule has 0 saturated heterocycles. The Kier molecular flexibility index (Phi) is 4.59. The highest BCUT2D eigenvalue weighted by molar-refractivity contribution is 5.29. The van der Waals surface area contributed by atoms with Crippen LogP contribution in [0.25, 0.3) is 0 Å². The molecule has 18 heavy (non-hydrogen) atoms. The van der Waals surface area contributed by atoms with E-state index in [-0.39, 0.29) is 11.9 Å². The maximum Gasteiger partial charge on any atom is 0.126 e. The molecule has 2 atom stereocenters. The molecule has 1 aromatic rings. The molecule has 0 heterocycles. The third-order valence-corrected chi connectivity index (χ3v) is 3.74. The van der Waals surface area contributed by atoms with Crippen LogP contribution in [0.2, 0.25) is 0 Å². The van der Waals surface area contributed by atoms with Crippen molar-refractivity contribution in [3.63, 3.8) is 0 Å². The normalized spacial score (nSPS) is 24.6. The van der Waals surface area contributed by atoms with Gasteiger partial charge in [0.25, 0.3) is 0 Å². The molecular formula is C15H22FNO. The molecule has 2 nitrogen and oxygen atoms in total. The topological polar surface area (TPSA) is 21.3 Å². The molecule has 0 aromatic heterocycles. The molecule has 0 radical (unpaired) electrons. The molecule has 1 aliphatic rings. The summed E-state index contributed by atoms with van der Waals surface area (Å²) in [6.07, 6.45) is 6.17. The van der Waals surface area contributed by atoms with Crippen LogP contribution in [0.3, 0.4) is 0 Å².